The number of H-pyrrole nitrogens is 1. The Morgan fingerprint density at radius 3 is 3.04 bits per heavy atom. The summed E-state index contributed by atoms with van der Waals surface area (Å²) in [6, 6.07) is 2.60. The summed E-state index contributed by atoms with van der Waals surface area (Å²) in [5.41, 5.74) is 1.23. The third-order valence-corrected chi connectivity index (χ3v) is 3.62. The molecule has 0 atom stereocenters. The van der Waals surface area contributed by atoms with Crippen molar-refractivity contribution in [2.24, 2.45) is 0 Å². The van der Waals surface area contributed by atoms with Crippen LogP contribution in [0.2, 0.25) is 0 Å². The molecule has 2 heterocycles. The van der Waals surface area contributed by atoms with E-state index in [2.05, 4.69) is 9.97 Å². The molecule has 24 heavy (non-hydrogen) atoms. The van der Waals surface area contributed by atoms with Crippen LogP contribution in [0.4, 0.5) is 11.4 Å². The van der Waals surface area contributed by atoms with Gasteiger partial charge in [-0.25, -0.2) is 9.78 Å². The minimum absolute atomic E-state index is 0.0651. The largest absolute Gasteiger partial charge is 0.489 e. The van der Waals surface area contributed by atoms with Crippen molar-refractivity contribution >= 4 is 17.3 Å². The second kappa shape index (κ2) is 6.57. The molecule has 3 rings (SSSR count). The van der Waals surface area contributed by atoms with Gasteiger partial charge in [0, 0.05) is 18.3 Å². The lowest BCUT2D eigenvalue weighted by Gasteiger charge is -2.31. The van der Waals surface area contributed by atoms with Crippen LogP contribution in [-0.4, -0.2) is 40.6 Å². The number of rotatable bonds is 5. The SMILES string of the molecule is CCOC(=O)c1cc([N+](=O)[O-])cc2c1OCCN2Cc1cnc[nH]1. The van der Waals surface area contributed by atoms with Crippen LogP contribution in [0.1, 0.15) is 23.0 Å². The van der Waals surface area contributed by atoms with Crippen molar-refractivity contribution in [1.29, 1.82) is 0 Å². The van der Waals surface area contributed by atoms with E-state index in [-0.39, 0.29) is 17.9 Å². The Hall–Kier alpha value is -3.10. The number of imidazole rings is 1. The molecule has 0 radical (unpaired) electrons. The van der Waals surface area contributed by atoms with Gasteiger partial charge in [0.05, 0.1) is 42.3 Å². The summed E-state index contributed by atoms with van der Waals surface area (Å²) in [5.74, 6) is -0.328. The lowest BCUT2D eigenvalue weighted by molar-refractivity contribution is -0.384. The van der Waals surface area contributed by atoms with E-state index in [4.69, 9.17) is 9.47 Å². The third kappa shape index (κ3) is 3.00. The Labute approximate surface area is 137 Å². The molecule has 0 unspecified atom stereocenters. The van der Waals surface area contributed by atoms with Crippen LogP contribution in [0.3, 0.4) is 0 Å². The van der Waals surface area contributed by atoms with Gasteiger partial charge in [-0.05, 0) is 6.92 Å². The van der Waals surface area contributed by atoms with Crippen LogP contribution in [0, 0.1) is 10.1 Å². The molecule has 1 N–H and O–H groups in total. The quantitative estimate of drug-likeness (QED) is 0.505. The number of esters is 1. The Morgan fingerprint density at radius 2 is 2.38 bits per heavy atom. The molecule has 126 valence electrons. The molecule has 1 aromatic heterocycles. The van der Waals surface area contributed by atoms with Crippen LogP contribution in [-0.2, 0) is 11.3 Å². The Kier molecular flexibility index (Phi) is 4.32. The first-order valence-corrected chi connectivity index (χ1v) is 7.44. The second-order valence-electron chi connectivity index (χ2n) is 5.17. The zero-order valence-corrected chi connectivity index (χ0v) is 13.0. The number of ether oxygens (including phenoxy) is 2. The Morgan fingerprint density at radius 1 is 1.54 bits per heavy atom. The number of carbonyl (C=O) groups is 1. The van der Waals surface area contributed by atoms with Gasteiger partial charge in [-0.15, -0.1) is 0 Å². The molecule has 9 heteroatoms. The number of benzene rings is 1. The number of aromatic nitrogens is 2. The Bertz CT molecular complexity index is 759. The first kappa shape index (κ1) is 15.8. The predicted molar refractivity (Wildman–Crippen MR) is 84.2 cm³/mol. The molecular formula is C15H16N4O5. The monoisotopic (exact) mass is 332 g/mol. The van der Waals surface area contributed by atoms with Gasteiger partial charge >= 0.3 is 5.97 Å². The summed E-state index contributed by atoms with van der Waals surface area (Å²) in [6.45, 7) is 3.22. The van der Waals surface area contributed by atoms with E-state index < -0.39 is 10.9 Å². The fourth-order valence-electron chi connectivity index (χ4n) is 2.57. The Balaban J connectivity index is 2.05. The van der Waals surface area contributed by atoms with Crippen LogP contribution >= 0.6 is 0 Å². The van der Waals surface area contributed by atoms with Crippen molar-refractivity contribution in [1.82, 2.24) is 9.97 Å². The number of hydrogen-bond donors (Lipinski definition) is 1. The number of carbonyl (C=O) groups excluding carboxylic acids is 1. The average Bonchev–Trinajstić information content (AvgIpc) is 3.07. The van der Waals surface area contributed by atoms with Crippen LogP contribution < -0.4 is 9.64 Å². The van der Waals surface area contributed by atoms with Gasteiger partial charge in [0.25, 0.3) is 5.69 Å². The molecule has 1 aromatic carbocycles. The molecular weight excluding hydrogens is 316 g/mol. The lowest BCUT2D eigenvalue weighted by Crippen LogP contribution is -2.33. The number of fused-ring (bicyclic) bond motifs is 1. The van der Waals surface area contributed by atoms with Crippen LogP contribution in [0.15, 0.2) is 24.7 Å². The minimum atomic E-state index is -0.638. The maximum absolute atomic E-state index is 12.2. The van der Waals surface area contributed by atoms with Crippen molar-refractivity contribution in [3.05, 3.63) is 46.0 Å². The zero-order valence-electron chi connectivity index (χ0n) is 13.0. The maximum atomic E-state index is 12.2. The summed E-state index contributed by atoms with van der Waals surface area (Å²) in [4.78, 5) is 31.7. The number of nitro groups is 1. The summed E-state index contributed by atoms with van der Waals surface area (Å²) < 4.78 is 10.6. The van der Waals surface area contributed by atoms with Crippen molar-refractivity contribution in [2.45, 2.75) is 13.5 Å². The van der Waals surface area contributed by atoms with Gasteiger partial charge < -0.3 is 19.4 Å². The van der Waals surface area contributed by atoms with Crippen molar-refractivity contribution < 1.29 is 19.2 Å². The van der Waals surface area contributed by atoms with Gasteiger partial charge in [0.1, 0.15) is 12.2 Å². The molecule has 9 nitrogen and oxygen atoms in total. The summed E-state index contributed by atoms with van der Waals surface area (Å²) in [6.07, 6.45) is 3.24. The highest BCUT2D eigenvalue weighted by Crippen LogP contribution is 2.39. The van der Waals surface area contributed by atoms with E-state index in [1.807, 2.05) is 4.90 Å². The van der Waals surface area contributed by atoms with Crippen LogP contribution in [0.5, 0.6) is 5.75 Å². The number of nitrogens with one attached hydrogen (secondary N) is 1. The highest BCUT2D eigenvalue weighted by molar-refractivity contribution is 5.96. The smallest absolute Gasteiger partial charge is 0.342 e. The summed E-state index contributed by atoms with van der Waals surface area (Å²) in [7, 11) is 0. The van der Waals surface area contributed by atoms with E-state index in [9.17, 15) is 14.9 Å². The van der Waals surface area contributed by atoms with E-state index in [0.29, 0.717) is 31.1 Å². The number of nitro benzene ring substituents is 1. The molecule has 0 spiro atoms. The fraction of sp³-hybridized carbons (Fsp3) is 0.333. The van der Waals surface area contributed by atoms with Gasteiger partial charge in [0.2, 0.25) is 0 Å². The molecule has 2 aromatic rings. The highest BCUT2D eigenvalue weighted by Gasteiger charge is 2.29. The molecule has 0 aliphatic carbocycles. The molecule has 0 amide bonds. The topological polar surface area (TPSA) is 111 Å². The van der Waals surface area contributed by atoms with Crippen molar-refractivity contribution in [3.8, 4) is 5.75 Å². The molecule has 0 bridgehead atoms. The number of aromatic amines is 1. The third-order valence-electron chi connectivity index (χ3n) is 3.62. The van der Waals surface area contributed by atoms with E-state index in [1.54, 1.807) is 19.4 Å². The molecule has 1 aliphatic rings. The minimum Gasteiger partial charge on any atom is -0.489 e. The van der Waals surface area contributed by atoms with Gasteiger partial charge in [0.15, 0.2) is 5.75 Å². The lowest BCUT2D eigenvalue weighted by atomic mass is 10.1. The summed E-state index contributed by atoms with van der Waals surface area (Å²) in [5, 5.41) is 11.2. The molecule has 1 aliphatic heterocycles. The van der Waals surface area contributed by atoms with Gasteiger partial charge in [-0.1, -0.05) is 0 Å². The van der Waals surface area contributed by atoms with Crippen molar-refractivity contribution in [2.75, 3.05) is 24.7 Å². The van der Waals surface area contributed by atoms with Crippen molar-refractivity contribution in [3.63, 3.8) is 0 Å². The van der Waals surface area contributed by atoms with E-state index >= 15 is 0 Å². The van der Waals surface area contributed by atoms with Gasteiger partial charge in [-0.3, -0.25) is 10.1 Å². The molecule has 0 saturated heterocycles. The number of non-ortho nitro benzene ring substituents is 1. The van der Waals surface area contributed by atoms with E-state index in [0.717, 1.165) is 5.69 Å². The first-order chi connectivity index (χ1) is 11.6. The maximum Gasteiger partial charge on any atom is 0.342 e. The first-order valence-electron chi connectivity index (χ1n) is 7.44. The summed E-state index contributed by atoms with van der Waals surface area (Å²) >= 11 is 0. The standard InChI is InChI=1S/C15H16N4O5/c1-2-23-15(20)12-5-11(19(21)22)6-13-14(12)24-4-3-18(13)8-10-7-16-9-17-10/h5-7,9H,2-4,8H2,1H3,(H,16,17). The second-order valence-corrected chi connectivity index (χ2v) is 5.17. The number of hydrogen-bond acceptors (Lipinski definition) is 7. The predicted octanol–water partition coefficient (Wildman–Crippen LogP) is 1.89. The van der Waals surface area contributed by atoms with Crippen LogP contribution in [0.25, 0.3) is 0 Å². The number of nitrogens with zero attached hydrogens (tertiary/aromatic N) is 3. The zero-order chi connectivity index (χ0) is 17.1. The normalized spacial score (nSPS) is 13.1. The van der Waals surface area contributed by atoms with E-state index in [1.165, 1.54) is 12.1 Å². The fourth-order valence-corrected chi connectivity index (χ4v) is 2.57. The average molecular weight is 332 g/mol. The molecule has 0 fully saturated rings. The number of anilines is 1. The molecule has 0 saturated carbocycles. The highest BCUT2D eigenvalue weighted by atomic mass is 16.6. The van der Waals surface area contributed by atoms with Gasteiger partial charge in [-0.2, -0.15) is 0 Å².